The normalized spacial score (nSPS) is 31.3. The zero-order valence-corrected chi connectivity index (χ0v) is 11.5. The molecule has 2 fully saturated rings. The molecular formula is C15H26O3. The lowest BCUT2D eigenvalue weighted by atomic mass is 9.78. The van der Waals surface area contributed by atoms with Gasteiger partial charge in [0.05, 0.1) is 12.2 Å². The first-order valence-electron chi connectivity index (χ1n) is 7.52. The molecule has 1 saturated carbocycles. The van der Waals surface area contributed by atoms with E-state index < -0.39 is 0 Å². The first-order chi connectivity index (χ1) is 8.78. The van der Waals surface area contributed by atoms with Gasteiger partial charge in [-0.3, -0.25) is 4.79 Å². The first kappa shape index (κ1) is 14.0. The summed E-state index contributed by atoms with van der Waals surface area (Å²) in [7, 11) is 0. The molecule has 2 aliphatic rings. The quantitative estimate of drug-likeness (QED) is 0.667. The number of ketones is 1. The summed E-state index contributed by atoms with van der Waals surface area (Å²) in [5.74, 6) is 1.03. The summed E-state index contributed by atoms with van der Waals surface area (Å²) < 4.78 is 11.1. The van der Waals surface area contributed by atoms with Crippen LogP contribution in [0.1, 0.15) is 58.3 Å². The van der Waals surface area contributed by atoms with Gasteiger partial charge in [-0.15, -0.1) is 0 Å². The first-order valence-corrected chi connectivity index (χ1v) is 7.52. The van der Waals surface area contributed by atoms with Gasteiger partial charge in [-0.2, -0.15) is 0 Å². The molecule has 1 heterocycles. The average Bonchev–Trinajstić information content (AvgIpc) is 2.79. The molecule has 0 aromatic heterocycles. The Morgan fingerprint density at radius 3 is 2.89 bits per heavy atom. The number of carbonyl (C=O) groups excluding carboxylic acids is 1. The van der Waals surface area contributed by atoms with Crippen LogP contribution in [0.2, 0.25) is 0 Å². The molecule has 0 N–H and O–H groups in total. The number of hydrogen-bond acceptors (Lipinski definition) is 3. The summed E-state index contributed by atoms with van der Waals surface area (Å²) in [5, 5.41) is 0. The van der Waals surface area contributed by atoms with E-state index in [1.807, 2.05) is 6.92 Å². The highest BCUT2D eigenvalue weighted by Gasteiger charge is 2.30. The third-order valence-electron chi connectivity index (χ3n) is 4.12. The van der Waals surface area contributed by atoms with Gasteiger partial charge in [-0.1, -0.05) is 0 Å². The molecule has 18 heavy (non-hydrogen) atoms. The van der Waals surface area contributed by atoms with Crippen LogP contribution >= 0.6 is 0 Å². The van der Waals surface area contributed by atoms with Crippen LogP contribution in [0, 0.1) is 5.92 Å². The fourth-order valence-corrected chi connectivity index (χ4v) is 3.04. The van der Waals surface area contributed by atoms with E-state index >= 15 is 0 Å². The van der Waals surface area contributed by atoms with E-state index in [-0.39, 0.29) is 0 Å². The molecule has 1 atom stereocenters. The van der Waals surface area contributed by atoms with Crippen molar-refractivity contribution < 1.29 is 14.3 Å². The largest absolute Gasteiger partial charge is 0.378 e. The molecule has 3 heteroatoms. The molecule has 0 amide bonds. The topological polar surface area (TPSA) is 35.5 Å². The van der Waals surface area contributed by atoms with E-state index in [0.717, 1.165) is 51.7 Å². The van der Waals surface area contributed by atoms with Crippen molar-refractivity contribution in [1.29, 1.82) is 0 Å². The van der Waals surface area contributed by atoms with Crippen molar-refractivity contribution in [2.45, 2.75) is 70.5 Å². The molecule has 2 rings (SSSR count). The molecule has 104 valence electrons. The predicted molar refractivity (Wildman–Crippen MR) is 70.6 cm³/mol. The molecule has 1 aliphatic heterocycles. The van der Waals surface area contributed by atoms with E-state index in [0.29, 0.717) is 23.9 Å². The lowest BCUT2D eigenvalue weighted by Gasteiger charge is -2.34. The number of hydrogen-bond donors (Lipinski definition) is 0. The van der Waals surface area contributed by atoms with Crippen molar-refractivity contribution >= 4 is 5.78 Å². The van der Waals surface area contributed by atoms with Gasteiger partial charge in [0.25, 0.3) is 0 Å². The fourth-order valence-electron chi connectivity index (χ4n) is 3.04. The SMILES string of the molecule is CCOC1CC(CC(=O)CCCC2CCCO2)C1. The number of carbonyl (C=O) groups is 1. The molecule has 3 nitrogen and oxygen atoms in total. The van der Waals surface area contributed by atoms with Crippen LogP contribution in [0.4, 0.5) is 0 Å². The Labute approximate surface area is 110 Å². The Kier molecular flexibility index (Phi) is 5.64. The highest BCUT2D eigenvalue weighted by molar-refractivity contribution is 5.78. The zero-order chi connectivity index (χ0) is 12.8. The molecule has 0 aromatic rings. The number of rotatable bonds is 8. The fraction of sp³-hybridized carbons (Fsp3) is 0.933. The minimum Gasteiger partial charge on any atom is -0.378 e. The standard InChI is InChI=1S/C15H26O3/c1-2-17-15-10-12(11-15)9-13(16)5-3-6-14-7-4-8-18-14/h12,14-15H,2-11H2,1H3. The van der Waals surface area contributed by atoms with Crippen LogP contribution in [-0.2, 0) is 14.3 Å². The van der Waals surface area contributed by atoms with Crippen LogP contribution in [0.5, 0.6) is 0 Å². The summed E-state index contributed by atoms with van der Waals surface area (Å²) in [6.07, 6.45) is 9.01. The Balaban J connectivity index is 1.48. The minimum absolute atomic E-state index is 0.430. The summed E-state index contributed by atoms with van der Waals surface area (Å²) >= 11 is 0. The molecule has 0 spiro atoms. The molecule has 0 bridgehead atoms. The second-order valence-corrected chi connectivity index (χ2v) is 5.68. The second-order valence-electron chi connectivity index (χ2n) is 5.68. The van der Waals surface area contributed by atoms with Crippen molar-refractivity contribution in [3.05, 3.63) is 0 Å². The minimum atomic E-state index is 0.430. The van der Waals surface area contributed by atoms with Crippen molar-refractivity contribution in [1.82, 2.24) is 0 Å². The van der Waals surface area contributed by atoms with Crippen molar-refractivity contribution in [3.8, 4) is 0 Å². The van der Waals surface area contributed by atoms with Crippen LogP contribution in [0.3, 0.4) is 0 Å². The van der Waals surface area contributed by atoms with Gasteiger partial charge >= 0.3 is 0 Å². The van der Waals surface area contributed by atoms with Crippen LogP contribution in [0.25, 0.3) is 0 Å². The van der Waals surface area contributed by atoms with Gasteiger partial charge in [0.15, 0.2) is 0 Å². The molecule has 0 aromatic carbocycles. The van der Waals surface area contributed by atoms with Gasteiger partial charge < -0.3 is 9.47 Å². The monoisotopic (exact) mass is 254 g/mol. The van der Waals surface area contributed by atoms with Crippen molar-refractivity contribution in [3.63, 3.8) is 0 Å². The average molecular weight is 254 g/mol. The van der Waals surface area contributed by atoms with Crippen LogP contribution < -0.4 is 0 Å². The summed E-state index contributed by atoms with van der Waals surface area (Å²) in [4.78, 5) is 11.8. The Morgan fingerprint density at radius 1 is 1.39 bits per heavy atom. The molecule has 1 aliphatic carbocycles. The van der Waals surface area contributed by atoms with Crippen LogP contribution in [-0.4, -0.2) is 31.2 Å². The third kappa shape index (κ3) is 4.36. The summed E-state index contributed by atoms with van der Waals surface area (Å²) in [6, 6.07) is 0. The van der Waals surface area contributed by atoms with E-state index in [1.165, 1.54) is 12.8 Å². The molecule has 0 radical (unpaired) electrons. The van der Waals surface area contributed by atoms with Gasteiger partial charge in [0.1, 0.15) is 5.78 Å². The maximum atomic E-state index is 11.8. The predicted octanol–water partition coefficient (Wildman–Crippen LogP) is 3.11. The Hall–Kier alpha value is -0.410. The zero-order valence-electron chi connectivity index (χ0n) is 11.5. The highest BCUT2D eigenvalue weighted by Crippen LogP contribution is 2.33. The second kappa shape index (κ2) is 7.25. The van der Waals surface area contributed by atoms with Crippen LogP contribution in [0.15, 0.2) is 0 Å². The molecular weight excluding hydrogens is 228 g/mol. The third-order valence-corrected chi connectivity index (χ3v) is 4.12. The van der Waals surface area contributed by atoms with E-state index in [1.54, 1.807) is 0 Å². The maximum Gasteiger partial charge on any atom is 0.133 e. The van der Waals surface area contributed by atoms with E-state index in [9.17, 15) is 4.79 Å². The smallest absolute Gasteiger partial charge is 0.133 e. The number of ether oxygens (including phenoxy) is 2. The lowest BCUT2D eigenvalue weighted by molar-refractivity contribution is -0.122. The summed E-state index contributed by atoms with van der Waals surface area (Å²) in [6.45, 7) is 3.75. The van der Waals surface area contributed by atoms with Gasteiger partial charge in [-0.25, -0.2) is 0 Å². The van der Waals surface area contributed by atoms with Gasteiger partial charge in [0.2, 0.25) is 0 Å². The van der Waals surface area contributed by atoms with E-state index in [2.05, 4.69) is 0 Å². The van der Waals surface area contributed by atoms with Gasteiger partial charge in [-0.05, 0) is 51.4 Å². The molecule has 1 saturated heterocycles. The maximum absolute atomic E-state index is 11.8. The van der Waals surface area contributed by atoms with E-state index in [4.69, 9.17) is 9.47 Å². The lowest BCUT2D eigenvalue weighted by Crippen LogP contribution is -2.32. The highest BCUT2D eigenvalue weighted by atomic mass is 16.5. The Bertz CT molecular complexity index is 252. The molecule has 1 unspecified atom stereocenters. The summed E-state index contributed by atoms with van der Waals surface area (Å²) in [5.41, 5.74) is 0. The van der Waals surface area contributed by atoms with Crippen molar-refractivity contribution in [2.24, 2.45) is 5.92 Å². The Morgan fingerprint density at radius 2 is 2.22 bits per heavy atom. The van der Waals surface area contributed by atoms with Gasteiger partial charge in [0, 0.05) is 26.1 Å². The number of Topliss-reactive ketones (excluding diaryl/α,β-unsaturated/α-hetero) is 1. The van der Waals surface area contributed by atoms with Crippen molar-refractivity contribution in [2.75, 3.05) is 13.2 Å².